The molecular formula is C21H17N. The van der Waals surface area contributed by atoms with E-state index in [1.165, 1.54) is 11.1 Å². The fraction of sp³-hybridized carbons (Fsp3) is 0.0952. The molecule has 0 heterocycles. The summed E-state index contributed by atoms with van der Waals surface area (Å²) in [5.74, 6) is 0.194. The summed E-state index contributed by atoms with van der Waals surface area (Å²) in [6.45, 7) is 0. The Bertz CT molecular complexity index is 770. The second kappa shape index (κ2) is 6.74. The number of hydrogen-bond donors (Lipinski definition) is 0. The van der Waals surface area contributed by atoms with E-state index in [1.807, 2.05) is 30.3 Å². The zero-order chi connectivity index (χ0) is 15.2. The van der Waals surface area contributed by atoms with Crippen molar-refractivity contribution in [1.29, 1.82) is 5.26 Å². The van der Waals surface area contributed by atoms with Crippen molar-refractivity contribution >= 4 is 0 Å². The summed E-state index contributed by atoms with van der Waals surface area (Å²) in [6.07, 6.45) is 0.892. The average Bonchev–Trinajstić information content (AvgIpc) is 2.61. The molecule has 1 atom stereocenters. The van der Waals surface area contributed by atoms with Crippen LogP contribution in [0, 0.1) is 11.3 Å². The molecule has 1 nitrogen and oxygen atoms in total. The molecule has 0 spiro atoms. The second-order valence-electron chi connectivity index (χ2n) is 5.35. The van der Waals surface area contributed by atoms with E-state index in [0.717, 1.165) is 17.5 Å². The molecule has 0 radical (unpaired) electrons. The molecule has 1 heteroatoms. The predicted molar refractivity (Wildman–Crippen MR) is 89.6 cm³/mol. The van der Waals surface area contributed by atoms with Gasteiger partial charge < -0.3 is 0 Å². The minimum absolute atomic E-state index is 0.194. The van der Waals surface area contributed by atoms with Gasteiger partial charge in [0.25, 0.3) is 0 Å². The third kappa shape index (κ3) is 3.07. The van der Waals surface area contributed by atoms with Crippen LogP contribution < -0.4 is 0 Å². The Balaban J connectivity index is 2.06. The standard InChI is InChI=1S/C21H17N/c22-16-19-13-7-8-14-20(19)21(18-11-5-2-6-12-18)15-17-9-3-1-4-10-17/h1-14,21H,15H2. The van der Waals surface area contributed by atoms with E-state index in [4.69, 9.17) is 0 Å². The molecule has 0 aliphatic carbocycles. The first-order valence-electron chi connectivity index (χ1n) is 7.46. The van der Waals surface area contributed by atoms with E-state index < -0.39 is 0 Å². The van der Waals surface area contributed by atoms with Crippen molar-refractivity contribution in [3.05, 3.63) is 107 Å². The van der Waals surface area contributed by atoms with Crippen LogP contribution in [0.1, 0.15) is 28.2 Å². The molecule has 0 fully saturated rings. The monoisotopic (exact) mass is 283 g/mol. The second-order valence-corrected chi connectivity index (χ2v) is 5.35. The van der Waals surface area contributed by atoms with Crippen molar-refractivity contribution in [3.63, 3.8) is 0 Å². The van der Waals surface area contributed by atoms with Crippen LogP contribution in [0.5, 0.6) is 0 Å². The first kappa shape index (κ1) is 14.1. The maximum atomic E-state index is 9.43. The molecule has 0 N–H and O–H groups in total. The molecule has 22 heavy (non-hydrogen) atoms. The van der Waals surface area contributed by atoms with Gasteiger partial charge >= 0.3 is 0 Å². The van der Waals surface area contributed by atoms with Crippen LogP contribution in [0.15, 0.2) is 84.9 Å². The molecule has 0 amide bonds. The van der Waals surface area contributed by atoms with E-state index in [1.54, 1.807) is 0 Å². The van der Waals surface area contributed by atoms with Crippen molar-refractivity contribution < 1.29 is 0 Å². The Morgan fingerprint density at radius 2 is 1.32 bits per heavy atom. The molecule has 0 aliphatic rings. The highest BCUT2D eigenvalue weighted by Gasteiger charge is 2.17. The first-order chi connectivity index (χ1) is 10.9. The lowest BCUT2D eigenvalue weighted by Gasteiger charge is -2.19. The molecule has 3 aromatic rings. The van der Waals surface area contributed by atoms with Gasteiger partial charge in [-0.25, -0.2) is 0 Å². The van der Waals surface area contributed by atoms with E-state index in [2.05, 4.69) is 60.7 Å². The first-order valence-corrected chi connectivity index (χ1v) is 7.46. The summed E-state index contributed by atoms with van der Waals surface area (Å²) in [6, 6.07) is 31.1. The zero-order valence-corrected chi connectivity index (χ0v) is 12.3. The molecule has 0 aromatic heterocycles. The minimum atomic E-state index is 0.194. The SMILES string of the molecule is N#Cc1ccccc1C(Cc1ccccc1)c1ccccc1. The Morgan fingerprint density at radius 1 is 0.727 bits per heavy atom. The summed E-state index contributed by atoms with van der Waals surface area (Å²) in [5.41, 5.74) is 4.38. The van der Waals surface area contributed by atoms with Gasteiger partial charge in [-0.2, -0.15) is 5.26 Å². The molecule has 0 saturated carbocycles. The maximum Gasteiger partial charge on any atom is 0.0994 e. The topological polar surface area (TPSA) is 23.8 Å². The van der Waals surface area contributed by atoms with E-state index in [9.17, 15) is 5.26 Å². The van der Waals surface area contributed by atoms with Crippen LogP contribution in [0.25, 0.3) is 0 Å². The van der Waals surface area contributed by atoms with Crippen LogP contribution in [0.3, 0.4) is 0 Å². The third-order valence-corrected chi connectivity index (χ3v) is 3.94. The Hall–Kier alpha value is -2.85. The van der Waals surface area contributed by atoms with Crippen LogP contribution in [-0.4, -0.2) is 0 Å². The molecule has 106 valence electrons. The predicted octanol–water partition coefficient (Wildman–Crippen LogP) is 4.93. The molecule has 0 bridgehead atoms. The largest absolute Gasteiger partial charge is 0.192 e. The van der Waals surface area contributed by atoms with Crippen LogP contribution in [0.2, 0.25) is 0 Å². The lowest BCUT2D eigenvalue weighted by Crippen LogP contribution is -2.07. The minimum Gasteiger partial charge on any atom is -0.192 e. The summed E-state index contributed by atoms with van der Waals surface area (Å²) in [4.78, 5) is 0. The van der Waals surface area contributed by atoms with Crippen molar-refractivity contribution in [2.24, 2.45) is 0 Å². The van der Waals surface area contributed by atoms with Gasteiger partial charge in [-0.05, 0) is 29.2 Å². The number of hydrogen-bond acceptors (Lipinski definition) is 1. The average molecular weight is 283 g/mol. The Labute approximate surface area is 131 Å². The van der Waals surface area contributed by atoms with Gasteiger partial charge in [0.1, 0.15) is 0 Å². The number of rotatable bonds is 4. The molecular weight excluding hydrogens is 266 g/mol. The zero-order valence-electron chi connectivity index (χ0n) is 12.3. The van der Waals surface area contributed by atoms with E-state index in [0.29, 0.717) is 0 Å². The highest BCUT2D eigenvalue weighted by atomic mass is 14.3. The molecule has 3 rings (SSSR count). The van der Waals surface area contributed by atoms with Gasteiger partial charge in [0, 0.05) is 5.92 Å². The van der Waals surface area contributed by atoms with Gasteiger partial charge in [0.15, 0.2) is 0 Å². The van der Waals surface area contributed by atoms with Crippen molar-refractivity contribution in [3.8, 4) is 6.07 Å². The van der Waals surface area contributed by atoms with Gasteiger partial charge in [-0.15, -0.1) is 0 Å². The Kier molecular flexibility index (Phi) is 4.32. The molecule has 0 saturated heterocycles. The highest BCUT2D eigenvalue weighted by Crippen LogP contribution is 2.30. The van der Waals surface area contributed by atoms with Gasteiger partial charge in [-0.3, -0.25) is 0 Å². The summed E-state index contributed by atoms with van der Waals surface area (Å²) in [7, 11) is 0. The van der Waals surface area contributed by atoms with Crippen LogP contribution >= 0.6 is 0 Å². The quantitative estimate of drug-likeness (QED) is 0.665. The molecule has 3 aromatic carbocycles. The van der Waals surface area contributed by atoms with E-state index >= 15 is 0 Å². The fourth-order valence-electron chi connectivity index (χ4n) is 2.85. The van der Waals surface area contributed by atoms with Gasteiger partial charge in [-0.1, -0.05) is 78.9 Å². The number of nitrogens with zero attached hydrogens (tertiary/aromatic N) is 1. The fourth-order valence-corrected chi connectivity index (χ4v) is 2.85. The van der Waals surface area contributed by atoms with Crippen molar-refractivity contribution in [1.82, 2.24) is 0 Å². The van der Waals surface area contributed by atoms with Gasteiger partial charge in [0.05, 0.1) is 11.6 Å². The summed E-state index contributed by atoms with van der Waals surface area (Å²) >= 11 is 0. The molecule has 1 unspecified atom stereocenters. The lowest BCUT2D eigenvalue weighted by molar-refractivity contribution is 0.802. The van der Waals surface area contributed by atoms with Gasteiger partial charge in [0.2, 0.25) is 0 Å². The van der Waals surface area contributed by atoms with Crippen LogP contribution in [-0.2, 0) is 6.42 Å². The molecule has 0 aliphatic heterocycles. The van der Waals surface area contributed by atoms with E-state index in [-0.39, 0.29) is 5.92 Å². The summed E-state index contributed by atoms with van der Waals surface area (Å²) in [5, 5.41) is 9.43. The van der Waals surface area contributed by atoms with Crippen LogP contribution in [0.4, 0.5) is 0 Å². The van der Waals surface area contributed by atoms with Crippen molar-refractivity contribution in [2.75, 3.05) is 0 Å². The number of benzene rings is 3. The lowest BCUT2D eigenvalue weighted by atomic mass is 9.84. The summed E-state index contributed by atoms with van der Waals surface area (Å²) < 4.78 is 0. The normalized spacial score (nSPS) is 11.6. The Morgan fingerprint density at radius 3 is 2.00 bits per heavy atom. The number of nitriles is 1. The third-order valence-electron chi connectivity index (χ3n) is 3.94. The maximum absolute atomic E-state index is 9.43. The smallest absolute Gasteiger partial charge is 0.0994 e. The highest BCUT2D eigenvalue weighted by molar-refractivity contribution is 5.45. The van der Waals surface area contributed by atoms with Crippen molar-refractivity contribution in [2.45, 2.75) is 12.3 Å².